The number of rotatable bonds is 2. The lowest BCUT2D eigenvalue weighted by atomic mass is 9.76. The molecule has 0 amide bonds. The number of benzene rings is 5. The van der Waals surface area contributed by atoms with E-state index in [1.807, 2.05) is 23.5 Å². The lowest BCUT2D eigenvalue weighted by molar-refractivity contribution is 0.00578. The highest BCUT2D eigenvalue weighted by atomic mass is 32.1. The van der Waals surface area contributed by atoms with Crippen molar-refractivity contribution in [3.63, 3.8) is 0 Å². The molecule has 0 spiro atoms. The first-order chi connectivity index (χ1) is 18.8. The van der Waals surface area contributed by atoms with Crippen LogP contribution in [0.4, 0.5) is 0 Å². The molecular formula is C33H26BNO3S. The molecule has 4 nitrogen and oxygen atoms in total. The molecule has 7 aromatic rings. The van der Waals surface area contributed by atoms with E-state index in [2.05, 4.69) is 100 Å². The van der Waals surface area contributed by atoms with Crippen LogP contribution >= 0.6 is 11.3 Å². The van der Waals surface area contributed by atoms with Crippen molar-refractivity contribution >= 4 is 76.7 Å². The predicted octanol–water partition coefficient (Wildman–Crippen LogP) is 8.47. The molecule has 6 heteroatoms. The highest BCUT2D eigenvalue weighted by Gasteiger charge is 2.52. The SMILES string of the molecule is CC1(C)OB(c2cccc3sc4c5ccccc5c(-c5nc6c(ccc7ccccc76)o5)cc4c23)OC1(C)C. The fourth-order valence-electron chi connectivity index (χ4n) is 5.80. The van der Waals surface area contributed by atoms with Crippen LogP contribution in [0.2, 0.25) is 0 Å². The second-order valence-corrected chi connectivity index (χ2v) is 12.5. The third kappa shape index (κ3) is 3.29. The van der Waals surface area contributed by atoms with Crippen LogP contribution in [0.1, 0.15) is 27.7 Å². The van der Waals surface area contributed by atoms with Crippen molar-refractivity contribution in [1.82, 2.24) is 4.98 Å². The molecule has 190 valence electrons. The van der Waals surface area contributed by atoms with Crippen LogP contribution in [0, 0.1) is 0 Å². The van der Waals surface area contributed by atoms with Crippen LogP contribution in [0.5, 0.6) is 0 Å². The summed E-state index contributed by atoms with van der Waals surface area (Å²) in [6.07, 6.45) is 0. The van der Waals surface area contributed by atoms with Crippen LogP contribution in [-0.4, -0.2) is 23.3 Å². The number of thiophene rings is 1. The summed E-state index contributed by atoms with van der Waals surface area (Å²) in [7, 11) is -0.442. The highest BCUT2D eigenvalue weighted by Crippen LogP contribution is 2.44. The Hall–Kier alpha value is -3.71. The largest absolute Gasteiger partial charge is 0.495 e. The molecule has 0 aliphatic carbocycles. The first-order valence-corrected chi connectivity index (χ1v) is 14.1. The molecular weight excluding hydrogens is 501 g/mol. The van der Waals surface area contributed by atoms with Gasteiger partial charge in [0.1, 0.15) is 5.52 Å². The van der Waals surface area contributed by atoms with Gasteiger partial charge in [-0.2, -0.15) is 0 Å². The Kier molecular flexibility index (Phi) is 4.71. The Balaban J connectivity index is 1.42. The average molecular weight is 527 g/mol. The fraction of sp³-hybridized carbons (Fsp3) is 0.182. The van der Waals surface area contributed by atoms with Gasteiger partial charge in [0.05, 0.1) is 11.2 Å². The molecule has 39 heavy (non-hydrogen) atoms. The average Bonchev–Trinajstić information content (AvgIpc) is 3.59. The normalized spacial score (nSPS) is 16.9. The van der Waals surface area contributed by atoms with E-state index in [9.17, 15) is 0 Å². The summed E-state index contributed by atoms with van der Waals surface area (Å²) in [4.78, 5) is 5.06. The molecule has 1 aliphatic heterocycles. The maximum absolute atomic E-state index is 6.51. The summed E-state index contributed by atoms with van der Waals surface area (Å²) < 4.78 is 21.9. The van der Waals surface area contributed by atoms with E-state index in [0.29, 0.717) is 5.89 Å². The minimum Gasteiger partial charge on any atom is -0.436 e. The Morgan fingerprint density at radius 1 is 0.718 bits per heavy atom. The number of hydrogen-bond acceptors (Lipinski definition) is 5. The molecule has 8 rings (SSSR count). The fourth-order valence-corrected chi connectivity index (χ4v) is 7.05. The maximum Gasteiger partial charge on any atom is 0.495 e. The van der Waals surface area contributed by atoms with Gasteiger partial charge in [-0.15, -0.1) is 11.3 Å². The van der Waals surface area contributed by atoms with Gasteiger partial charge in [0.25, 0.3) is 0 Å². The van der Waals surface area contributed by atoms with Gasteiger partial charge in [-0.3, -0.25) is 0 Å². The summed E-state index contributed by atoms with van der Waals surface area (Å²) >= 11 is 1.81. The second kappa shape index (κ2) is 7.92. The lowest BCUT2D eigenvalue weighted by Crippen LogP contribution is -2.41. The number of fused-ring (bicyclic) bond motifs is 8. The van der Waals surface area contributed by atoms with Gasteiger partial charge < -0.3 is 13.7 Å². The second-order valence-electron chi connectivity index (χ2n) is 11.4. The van der Waals surface area contributed by atoms with Gasteiger partial charge in [0, 0.05) is 36.5 Å². The third-order valence-corrected chi connectivity index (χ3v) is 9.76. The minimum absolute atomic E-state index is 0.412. The number of hydrogen-bond donors (Lipinski definition) is 0. The van der Waals surface area contributed by atoms with E-state index in [1.165, 1.54) is 25.6 Å². The summed E-state index contributed by atoms with van der Waals surface area (Å²) in [6, 6.07) is 29.7. The Morgan fingerprint density at radius 2 is 1.44 bits per heavy atom. The van der Waals surface area contributed by atoms with Crippen LogP contribution in [0.15, 0.2) is 89.3 Å². The van der Waals surface area contributed by atoms with Gasteiger partial charge in [-0.25, -0.2) is 4.98 Å². The molecule has 1 fully saturated rings. The smallest absolute Gasteiger partial charge is 0.436 e. The van der Waals surface area contributed by atoms with Crippen molar-refractivity contribution in [2.75, 3.05) is 0 Å². The topological polar surface area (TPSA) is 44.5 Å². The van der Waals surface area contributed by atoms with E-state index < -0.39 is 18.3 Å². The molecule has 2 aromatic heterocycles. The maximum atomic E-state index is 6.51. The van der Waals surface area contributed by atoms with E-state index >= 15 is 0 Å². The zero-order chi connectivity index (χ0) is 26.5. The summed E-state index contributed by atoms with van der Waals surface area (Å²) in [6.45, 7) is 8.39. The summed E-state index contributed by atoms with van der Waals surface area (Å²) in [5, 5.41) is 6.91. The van der Waals surface area contributed by atoms with Crippen LogP contribution < -0.4 is 5.46 Å². The van der Waals surface area contributed by atoms with E-state index in [0.717, 1.165) is 38.3 Å². The number of aromatic nitrogens is 1. The molecule has 1 aliphatic rings. The van der Waals surface area contributed by atoms with Crippen molar-refractivity contribution in [3.8, 4) is 11.5 Å². The zero-order valence-electron chi connectivity index (χ0n) is 22.2. The molecule has 0 radical (unpaired) electrons. The molecule has 0 atom stereocenters. The van der Waals surface area contributed by atoms with Gasteiger partial charge in [0.2, 0.25) is 5.89 Å². The van der Waals surface area contributed by atoms with Crippen molar-refractivity contribution in [2.24, 2.45) is 0 Å². The first-order valence-electron chi connectivity index (χ1n) is 13.3. The summed E-state index contributed by atoms with van der Waals surface area (Å²) in [5.74, 6) is 0.631. The van der Waals surface area contributed by atoms with Gasteiger partial charge >= 0.3 is 7.12 Å². The minimum atomic E-state index is -0.442. The number of oxazole rings is 1. The Morgan fingerprint density at radius 3 is 2.23 bits per heavy atom. The third-order valence-electron chi connectivity index (χ3n) is 8.56. The highest BCUT2D eigenvalue weighted by molar-refractivity contribution is 7.27. The predicted molar refractivity (Wildman–Crippen MR) is 163 cm³/mol. The van der Waals surface area contributed by atoms with Gasteiger partial charge in [-0.1, -0.05) is 66.7 Å². The van der Waals surface area contributed by atoms with Crippen LogP contribution in [0.25, 0.3) is 64.3 Å². The monoisotopic (exact) mass is 527 g/mol. The first kappa shape index (κ1) is 23.2. The van der Waals surface area contributed by atoms with Crippen molar-refractivity contribution < 1.29 is 13.7 Å². The Bertz CT molecular complexity index is 2090. The van der Waals surface area contributed by atoms with Crippen molar-refractivity contribution in [1.29, 1.82) is 0 Å². The van der Waals surface area contributed by atoms with Gasteiger partial charge in [-0.05, 0) is 62.1 Å². The van der Waals surface area contributed by atoms with Crippen molar-refractivity contribution in [3.05, 3.63) is 84.9 Å². The van der Waals surface area contributed by atoms with Crippen molar-refractivity contribution in [2.45, 2.75) is 38.9 Å². The molecule has 3 heterocycles. The molecule has 1 saturated heterocycles. The summed E-state index contributed by atoms with van der Waals surface area (Å²) in [5.41, 5.74) is 2.90. The molecule has 0 bridgehead atoms. The Labute approximate surface area is 230 Å². The molecule has 0 unspecified atom stereocenters. The lowest BCUT2D eigenvalue weighted by Gasteiger charge is -2.32. The standard InChI is InChI=1S/C33H26BNO3S/c1-32(2)33(3,4)38-34(37-32)25-14-9-15-27-28(25)24-18-23(21-12-7-8-13-22(21)30(24)39-27)31-35-29-20-11-6-5-10-19(20)16-17-26(29)36-31/h5-18H,1-4H3. The number of nitrogens with zero attached hydrogens (tertiary/aromatic N) is 1. The van der Waals surface area contributed by atoms with Crippen LogP contribution in [0.3, 0.4) is 0 Å². The van der Waals surface area contributed by atoms with E-state index in [-0.39, 0.29) is 0 Å². The van der Waals surface area contributed by atoms with Gasteiger partial charge in [0.15, 0.2) is 5.58 Å². The van der Waals surface area contributed by atoms with E-state index in [4.69, 9.17) is 18.7 Å². The molecule has 0 N–H and O–H groups in total. The van der Waals surface area contributed by atoms with Crippen LogP contribution in [-0.2, 0) is 9.31 Å². The molecule has 0 saturated carbocycles. The van der Waals surface area contributed by atoms with E-state index in [1.54, 1.807) is 0 Å². The zero-order valence-corrected chi connectivity index (χ0v) is 23.1. The molecule has 5 aromatic carbocycles. The quantitative estimate of drug-likeness (QED) is 0.212.